The van der Waals surface area contributed by atoms with Crippen molar-refractivity contribution in [2.24, 2.45) is 116 Å². The van der Waals surface area contributed by atoms with Gasteiger partial charge in [-0.25, -0.2) is 0 Å². The zero-order chi connectivity index (χ0) is 46.0. The molecule has 0 radical (unpaired) electrons. The summed E-state index contributed by atoms with van der Waals surface area (Å²) in [5, 5.41) is 0. The molecule has 12 saturated carbocycles. The van der Waals surface area contributed by atoms with Crippen molar-refractivity contribution in [2.45, 2.75) is 284 Å². The molecule has 0 heteroatoms. The van der Waals surface area contributed by atoms with Crippen LogP contribution in [-0.4, -0.2) is 0 Å². The predicted octanol–water partition coefficient (Wildman–Crippen LogP) is 20.5. The van der Waals surface area contributed by atoms with Crippen LogP contribution in [0.15, 0.2) is 0 Å². The van der Waals surface area contributed by atoms with E-state index >= 15 is 0 Å². The summed E-state index contributed by atoms with van der Waals surface area (Å²) in [6.07, 6.45) is 42.9. The van der Waals surface area contributed by atoms with Crippen LogP contribution in [0.3, 0.4) is 0 Å². The predicted molar refractivity (Wildman–Crippen MR) is 279 cm³/mol. The first-order valence-corrected chi connectivity index (χ1v) is 29.2. The van der Waals surface area contributed by atoms with Gasteiger partial charge >= 0.3 is 0 Å². The first-order valence-electron chi connectivity index (χ1n) is 29.2. The monoisotopic (exact) mass is 873 g/mol. The van der Waals surface area contributed by atoms with E-state index in [1.807, 2.05) is 0 Å². The third-order valence-electron chi connectivity index (χ3n) is 19.6. The van der Waals surface area contributed by atoms with Crippen molar-refractivity contribution in [3.05, 3.63) is 0 Å². The van der Waals surface area contributed by atoms with Crippen LogP contribution in [0.4, 0.5) is 0 Å². The van der Waals surface area contributed by atoms with Gasteiger partial charge < -0.3 is 0 Å². The SMILES string of the molecule is CC(C)(C)CC1C2CCCC1C2.CC(C)(C)CC1C2CCCC1CC2.CC(C)(C)CC1CC2CCC(C2)C1.CC(C)(C)CC1CC2CCC1C2.CC(C)(C)CC1CC2CCC1CC2. The second-order valence-electron chi connectivity index (χ2n) is 32.0. The van der Waals surface area contributed by atoms with Crippen LogP contribution in [0.5, 0.6) is 0 Å². The van der Waals surface area contributed by atoms with Gasteiger partial charge in [0.1, 0.15) is 0 Å². The van der Waals surface area contributed by atoms with Crippen LogP contribution in [-0.2, 0) is 0 Å². The molecule has 0 aliphatic heterocycles. The van der Waals surface area contributed by atoms with Crippen molar-refractivity contribution in [3.63, 3.8) is 0 Å². The number of rotatable bonds is 5. The van der Waals surface area contributed by atoms with E-state index in [4.69, 9.17) is 0 Å². The molecule has 0 nitrogen and oxygen atoms in total. The van der Waals surface area contributed by atoms with E-state index in [2.05, 4.69) is 104 Å². The molecule has 368 valence electrons. The summed E-state index contributed by atoms with van der Waals surface area (Å²) in [6.45, 7) is 35.9. The van der Waals surface area contributed by atoms with Gasteiger partial charge in [0.2, 0.25) is 0 Å². The Kier molecular flexibility index (Phi) is 18.1. The van der Waals surface area contributed by atoms with Crippen molar-refractivity contribution >= 4 is 0 Å². The number of fused-ring (bicyclic) bond motifs is 11. The molecule has 12 aliphatic rings. The molecule has 10 atom stereocenters. The maximum absolute atomic E-state index is 2.40. The highest BCUT2D eigenvalue weighted by atomic mass is 14.5. The van der Waals surface area contributed by atoms with Crippen molar-refractivity contribution in [3.8, 4) is 0 Å². The van der Waals surface area contributed by atoms with Crippen LogP contribution in [0.1, 0.15) is 284 Å². The van der Waals surface area contributed by atoms with Gasteiger partial charge in [0, 0.05) is 0 Å². The molecule has 63 heavy (non-hydrogen) atoms. The summed E-state index contributed by atoms with van der Waals surface area (Å²) in [5.41, 5.74) is 2.81. The first-order chi connectivity index (χ1) is 29.2. The lowest BCUT2D eigenvalue weighted by Crippen LogP contribution is -2.42. The third-order valence-corrected chi connectivity index (χ3v) is 19.6. The Balaban J connectivity index is 0.000000131. The molecule has 0 saturated heterocycles. The van der Waals surface area contributed by atoms with Gasteiger partial charge in [-0.3, -0.25) is 0 Å². The highest BCUT2D eigenvalue weighted by Gasteiger charge is 2.45. The highest BCUT2D eigenvalue weighted by Crippen LogP contribution is 2.55. The molecule has 12 aliphatic carbocycles. The van der Waals surface area contributed by atoms with Crippen LogP contribution in [0.2, 0.25) is 0 Å². The lowest BCUT2D eigenvalue weighted by atomic mass is 9.54. The Morgan fingerprint density at radius 1 is 0.254 bits per heavy atom. The summed E-state index contributed by atoms with van der Waals surface area (Å²) in [6, 6.07) is 0. The van der Waals surface area contributed by atoms with E-state index < -0.39 is 0 Å². The summed E-state index contributed by atoms with van der Waals surface area (Å²) < 4.78 is 0. The molecule has 12 fully saturated rings. The van der Waals surface area contributed by atoms with Crippen LogP contribution in [0.25, 0.3) is 0 Å². The molecular weight excluding hydrogens is 757 g/mol. The molecule has 0 aromatic heterocycles. The van der Waals surface area contributed by atoms with Crippen LogP contribution < -0.4 is 0 Å². The van der Waals surface area contributed by atoms with Gasteiger partial charge in [-0.1, -0.05) is 174 Å². The second kappa shape index (κ2) is 21.7. The molecule has 0 aromatic carbocycles. The Labute approximate surface area is 397 Å². The lowest BCUT2D eigenvalue weighted by Gasteiger charge is -2.51. The summed E-state index contributed by atoms with van der Waals surface area (Å²) in [5.74, 6) is 16.6. The van der Waals surface area contributed by atoms with Crippen LogP contribution >= 0.6 is 0 Å². The standard InChI is InChI=1S/3C13H24.2C12H22/c1-13(2,3)9-12-8-10-4-6-11(12)7-5-10;1-13(2,3)9-12-7-10-4-5-11(6-10)8-12;1-13(2,3)9-12-10-5-4-6-11(12)8-7-10;1-12(2,3)8-11-7-9-4-5-10(11)6-9;1-12(2,3)8-11-9-5-4-6-10(11)7-9/h3*10-12H,4-9H2,1-3H3;2*9-11H,4-8H2,1-3H3. The van der Waals surface area contributed by atoms with Crippen LogP contribution in [0, 0.1) is 116 Å². The van der Waals surface area contributed by atoms with E-state index in [0.29, 0.717) is 27.1 Å². The average Bonchev–Trinajstić information content (AvgIpc) is 3.91. The van der Waals surface area contributed by atoms with Crippen molar-refractivity contribution in [1.82, 2.24) is 0 Å². The average molecular weight is 874 g/mol. The Hall–Kier alpha value is 0. The van der Waals surface area contributed by atoms with Gasteiger partial charge in [-0.2, -0.15) is 0 Å². The van der Waals surface area contributed by atoms with Crippen molar-refractivity contribution in [1.29, 1.82) is 0 Å². The van der Waals surface area contributed by atoms with Gasteiger partial charge in [0.05, 0.1) is 0 Å². The first kappa shape index (κ1) is 52.4. The minimum Gasteiger partial charge on any atom is -0.0602 e. The summed E-state index contributed by atoms with van der Waals surface area (Å²) in [4.78, 5) is 0. The lowest BCUT2D eigenvalue weighted by molar-refractivity contribution is -0.0126. The third kappa shape index (κ3) is 17.2. The maximum atomic E-state index is 2.40. The largest absolute Gasteiger partial charge is 0.0602 e. The Bertz CT molecular complexity index is 1260. The second-order valence-corrected chi connectivity index (χ2v) is 32.0. The zero-order valence-corrected chi connectivity index (χ0v) is 46.0. The Morgan fingerprint density at radius 3 is 0.984 bits per heavy atom. The van der Waals surface area contributed by atoms with E-state index in [0.717, 1.165) is 88.8 Å². The van der Waals surface area contributed by atoms with E-state index in [1.165, 1.54) is 70.6 Å². The normalized spacial score (nSPS) is 40.0. The van der Waals surface area contributed by atoms with E-state index in [1.54, 1.807) is 109 Å². The Morgan fingerprint density at radius 2 is 0.603 bits per heavy atom. The zero-order valence-electron chi connectivity index (χ0n) is 46.0. The molecule has 0 amide bonds. The fourth-order valence-electron chi connectivity index (χ4n) is 17.6. The van der Waals surface area contributed by atoms with Gasteiger partial charge in [-0.15, -0.1) is 0 Å². The molecule has 10 bridgehead atoms. The summed E-state index contributed by atoms with van der Waals surface area (Å²) >= 11 is 0. The minimum atomic E-state index is 0.557. The number of hydrogen-bond acceptors (Lipinski definition) is 0. The van der Waals surface area contributed by atoms with Gasteiger partial charge in [0.25, 0.3) is 0 Å². The number of hydrogen-bond donors (Lipinski definition) is 0. The molecular formula is C63H116. The highest BCUT2D eigenvalue weighted by molar-refractivity contribution is 4.95. The van der Waals surface area contributed by atoms with Gasteiger partial charge in [0.15, 0.2) is 0 Å². The topological polar surface area (TPSA) is 0 Å². The van der Waals surface area contributed by atoms with E-state index in [9.17, 15) is 0 Å². The molecule has 0 N–H and O–H groups in total. The molecule has 12 rings (SSSR count). The van der Waals surface area contributed by atoms with E-state index in [-0.39, 0.29) is 0 Å². The fraction of sp³-hybridized carbons (Fsp3) is 1.00. The fourth-order valence-corrected chi connectivity index (χ4v) is 17.6. The molecule has 0 spiro atoms. The summed E-state index contributed by atoms with van der Waals surface area (Å²) in [7, 11) is 0. The minimum absolute atomic E-state index is 0.557. The van der Waals surface area contributed by atoms with Crippen molar-refractivity contribution < 1.29 is 0 Å². The maximum Gasteiger partial charge on any atom is -0.0352 e. The van der Waals surface area contributed by atoms with Gasteiger partial charge in [-0.05, 0) is 225 Å². The molecule has 0 aromatic rings. The smallest absolute Gasteiger partial charge is 0.0352 e. The molecule has 10 unspecified atom stereocenters. The quantitative estimate of drug-likeness (QED) is 0.258. The van der Waals surface area contributed by atoms with Crippen molar-refractivity contribution in [2.75, 3.05) is 0 Å². The molecule has 0 heterocycles.